The number of hydrogen-bond donors (Lipinski definition) is 1. The molecule has 2 N–H and O–H groups in total. The zero-order valence-corrected chi connectivity index (χ0v) is 9.83. The van der Waals surface area contributed by atoms with Gasteiger partial charge in [0.2, 0.25) is 0 Å². The van der Waals surface area contributed by atoms with E-state index >= 15 is 0 Å². The highest BCUT2D eigenvalue weighted by molar-refractivity contribution is 5.27. The molecular formula is C11H21N3. The zero-order chi connectivity index (χ0) is 10.9. The van der Waals surface area contributed by atoms with E-state index in [0.29, 0.717) is 6.04 Å². The van der Waals surface area contributed by atoms with Crippen LogP contribution in [0.25, 0.3) is 0 Å². The molecule has 0 aliphatic heterocycles. The van der Waals surface area contributed by atoms with Gasteiger partial charge in [-0.15, -0.1) is 0 Å². The molecule has 2 unspecified atom stereocenters. The van der Waals surface area contributed by atoms with Gasteiger partial charge in [0.15, 0.2) is 0 Å². The first kappa shape index (κ1) is 11.2. The Hall–Kier alpha value is -0.830. The Bertz CT molecular complexity index is 313. The summed E-state index contributed by atoms with van der Waals surface area (Å²) < 4.78 is 2.09. The predicted molar refractivity (Wildman–Crippen MR) is 59.3 cm³/mol. The third-order valence-corrected chi connectivity index (χ3v) is 2.84. The molecule has 0 aromatic carbocycles. The standard InChI is InChI=1S/C11H21N3/c1-6-7(2)14-10(5)11(8(3)12)9(4)13-14/h7-8H,6,12H2,1-5H3. The average Bonchev–Trinajstić information content (AvgIpc) is 2.40. The molecule has 2 atom stereocenters. The van der Waals surface area contributed by atoms with Crippen molar-refractivity contribution in [3.63, 3.8) is 0 Å². The Morgan fingerprint density at radius 1 is 1.36 bits per heavy atom. The molecule has 0 saturated carbocycles. The molecule has 1 rings (SSSR count). The van der Waals surface area contributed by atoms with Crippen molar-refractivity contribution in [3.05, 3.63) is 17.0 Å². The Morgan fingerprint density at radius 3 is 2.29 bits per heavy atom. The summed E-state index contributed by atoms with van der Waals surface area (Å²) in [5.41, 5.74) is 9.40. The summed E-state index contributed by atoms with van der Waals surface area (Å²) in [4.78, 5) is 0. The van der Waals surface area contributed by atoms with Crippen LogP contribution in [0.4, 0.5) is 0 Å². The van der Waals surface area contributed by atoms with Crippen molar-refractivity contribution >= 4 is 0 Å². The molecule has 0 aliphatic carbocycles. The average molecular weight is 195 g/mol. The Balaban J connectivity index is 3.16. The normalized spacial score (nSPS) is 15.6. The van der Waals surface area contributed by atoms with Gasteiger partial charge >= 0.3 is 0 Å². The van der Waals surface area contributed by atoms with Gasteiger partial charge in [-0.25, -0.2) is 0 Å². The van der Waals surface area contributed by atoms with Crippen molar-refractivity contribution in [1.82, 2.24) is 9.78 Å². The lowest BCUT2D eigenvalue weighted by atomic mass is 10.1. The molecule has 3 nitrogen and oxygen atoms in total. The number of rotatable bonds is 3. The summed E-state index contributed by atoms with van der Waals surface area (Å²) in [6, 6.07) is 0.536. The van der Waals surface area contributed by atoms with E-state index in [4.69, 9.17) is 5.73 Å². The second-order valence-corrected chi connectivity index (χ2v) is 4.08. The van der Waals surface area contributed by atoms with Crippen molar-refractivity contribution in [1.29, 1.82) is 0 Å². The number of nitrogens with two attached hydrogens (primary N) is 1. The summed E-state index contributed by atoms with van der Waals surface area (Å²) in [6.45, 7) is 10.5. The van der Waals surface area contributed by atoms with Crippen LogP contribution < -0.4 is 5.73 Å². The molecule has 14 heavy (non-hydrogen) atoms. The van der Waals surface area contributed by atoms with Gasteiger partial charge in [-0.2, -0.15) is 5.10 Å². The number of aromatic nitrogens is 2. The van der Waals surface area contributed by atoms with Gasteiger partial charge < -0.3 is 5.73 Å². The molecule has 0 radical (unpaired) electrons. The van der Waals surface area contributed by atoms with E-state index in [-0.39, 0.29) is 6.04 Å². The molecule has 1 heterocycles. The van der Waals surface area contributed by atoms with Crippen molar-refractivity contribution in [3.8, 4) is 0 Å². The van der Waals surface area contributed by atoms with E-state index in [1.807, 2.05) is 13.8 Å². The Morgan fingerprint density at radius 2 is 1.93 bits per heavy atom. The summed E-state index contributed by atoms with van der Waals surface area (Å²) in [6.07, 6.45) is 1.10. The summed E-state index contributed by atoms with van der Waals surface area (Å²) in [5, 5.41) is 4.54. The van der Waals surface area contributed by atoms with E-state index < -0.39 is 0 Å². The van der Waals surface area contributed by atoms with Crippen LogP contribution in [0.15, 0.2) is 0 Å². The first-order valence-corrected chi connectivity index (χ1v) is 5.30. The van der Waals surface area contributed by atoms with E-state index in [1.165, 1.54) is 11.3 Å². The lowest BCUT2D eigenvalue weighted by molar-refractivity contribution is 0.464. The Labute approximate surface area is 86.3 Å². The topological polar surface area (TPSA) is 43.8 Å². The van der Waals surface area contributed by atoms with Gasteiger partial charge in [-0.05, 0) is 34.1 Å². The van der Waals surface area contributed by atoms with Crippen LogP contribution in [-0.4, -0.2) is 9.78 Å². The van der Waals surface area contributed by atoms with Gasteiger partial charge in [-0.3, -0.25) is 4.68 Å². The monoisotopic (exact) mass is 195 g/mol. The summed E-state index contributed by atoms with van der Waals surface area (Å²) >= 11 is 0. The molecular weight excluding hydrogens is 174 g/mol. The maximum absolute atomic E-state index is 5.92. The van der Waals surface area contributed by atoms with Gasteiger partial charge in [0.1, 0.15) is 0 Å². The summed E-state index contributed by atoms with van der Waals surface area (Å²) in [5.74, 6) is 0. The molecule has 0 spiro atoms. The van der Waals surface area contributed by atoms with Gasteiger partial charge in [0.25, 0.3) is 0 Å². The van der Waals surface area contributed by atoms with Gasteiger partial charge in [0.05, 0.1) is 5.69 Å². The fourth-order valence-corrected chi connectivity index (χ4v) is 1.94. The fourth-order valence-electron chi connectivity index (χ4n) is 1.94. The van der Waals surface area contributed by atoms with Crippen LogP contribution in [0, 0.1) is 13.8 Å². The first-order valence-electron chi connectivity index (χ1n) is 5.30. The largest absolute Gasteiger partial charge is 0.324 e. The van der Waals surface area contributed by atoms with Gasteiger partial charge in [0, 0.05) is 23.3 Å². The molecule has 3 heteroatoms. The number of nitrogens with zero attached hydrogens (tertiary/aromatic N) is 2. The maximum Gasteiger partial charge on any atom is 0.0644 e. The predicted octanol–water partition coefficient (Wildman–Crippen LogP) is 2.49. The van der Waals surface area contributed by atoms with Crippen molar-refractivity contribution in [2.24, 2.45) is 5.73 Å². The molecule has 0 fully saturated rings. The minimum Gasteiger partial charge on any atom is -0.324 e. The minimum atomic E-state index is 0.0767. The number of hydrogen-bond acceptors (Lipinski definition) is 2. The summed E-state index contributed by atoms with van der Waals surface area (Å²) in [7, 11) is 0. The van der Waals surface area contributed by atoms with Crippen molar-refractivity contribution in [2.45, 2.75) is 53.1 Å². The number of aryl methyl sites for hydroxylation is 1. The van der Waals surface area contributed by atoms with Crippen molar-refractivity contribution < 1.29 is 0 Å². The SMILES string of the molecule is CCC(C)n1nc(C)c(C(C)N)c1C. The second kappa shape index (κ2) is 4.13. The molecule has 0 saturated heterocycles. The fraction of sp³-hybridized carbons (Fsp3) is 0.727. The van der Waals surface area contributed by atoms with Crippen LogP contribution in [0.5, 0.6) is 0 Å². The van der Waals surface area contributed by atoms with Crippen LogP contribution in [-0.2, 0) is 0 Å². The molecule has 80 valence electrons. The molecule has 0 amide bonds. The van der Waals surface area contributed by atoms with Crippen LogP contribution in [0.2, 0.25) is 0 Å². The van der Waals surface area contributed by atoms with E-state index in [2.05, 4.69) is 30.6 Å². The molecule has 1 aromatic rings. The third kappa shape index (κ3) is 1.82. The second-order valence-electron chi connectivity index (χ2n) is 4.08. The first-order chi connectivity index (χ1) is 6.49. The third-order valence-electron chi connectivity index (χ3n) is 2.84. The zero-order valence-electron chi connectivity index (χ0n) is 9.83. The highest BCUT2D eigenvalue weighted by atomic mass is 15.3. The minimum absolute atomic E-state index is 0.0767. The lowest BCUT2D eigenvalue weighted by Crippen LogP contribution is -2.10. The Kier molecular flexibility index (Phi) is 3.32. The van der Waals surface area contributed by atoms with E-state index in [9.17, 15) is 0 Å². The van der Waals surface area contributed by atoms with Crippen LogP contribution in [0.3, 0.4) is 0 Å². The maximum atomic E-state index is 5.92. The van der Waals surface area contributed by atoms with E-state index in [0.717, 1.165) is 12.1 Å². The lowest BCUT2D eigenvalue weighted by Gasteiger charge is -2.12. The molecule has 0 bridgehead atoms. The highest BCUT2D eigenvalue weighted by Gasteiger charge is 2.16. The van der Waals surface area contributed by atoms with Crippen LogP contribution in [0.1, 0.15) is 56.2 Å². The quantitative estimate of drug-likeness (QED) is 0.805. The molecule has 0 aliphatic rings. The van der Waals surface area contributed by atoms with Crippen molar-refractivity contribution in [2.75, 3.05) is 0 Å². The van der Waals surface area contributed by atoms with E-state index in [1.54, 1.807) is 0 Å². The van der Waals surface area contributed by atoms with Crippen LogP contribution >= 0.6 is 0 Å². The smallest absolute Gasteiger partial charge is 0.0644 e. The van der Waals surface area contributed by atoms with Gasteiger partial charge in [-0.1, -0.05) is 6.92 Å². The highest BCUT2D eigenvalue weighted by Crippen LogP contribution is 2.23. The molecule has 1 aromatic heterocycles.